The van der Waals surface area contributed by atoms with Crippen LogP contribution in [0.1, 0.15) is 203 Å². The number of benzene rings is 1. The molecule has 744 valence electrons. The Labute approximate surface area is 780 Å². The lowest BCUT2D eigenvalue weighted by atomic mass is 9.67. The van der Waals surface area contributed by atoms with Gasteiger partial charge in [-0.1, -0.05) is 95.2 Å². The van der Waals surface area contributed by atoms with Crippen LogP contribution >= 0.6 is 11.6 Å². The van der Waals surface area contributed by atoms with E-state index in [1.807, 2.05) is 27.7 Å². The number of hydrogen-bond donors (Lipinski definition) is 0. The van der Waals surface area contributed by atoms with Gasteiger partial charge in [-0.3, -0.25) is 24.0 Å². The zero-order valence-electron chi connectivity index (χ0n) is 81.1. The number of alkyl halides is 3. The SMILES string of the molecule is CC[C@H]1CCC[C@H](O[C@H]2CC[C@H](N(C)C)[C@@H](C)O2)[C@@H](C)C(=O)C2=C[C@@H]3[C@@H](C=C(C)[C@@H]4C[C@@H](O[C@@H]5O[C@@H](C)[C@H](OC)[C@@H](OC)[C@H]5OC)C[C@@H]34)[C@@H]2CC(=O)O1.CC[C@H]1CCC[C@H](O[C@H]2CC[C@H](N(C)C)[C@@H](C)O2)[C@@H](C)C(=O)C2=C[C@@H]3[C@@H](C=C[C@@H]4C[C@@H](O[C@@H]5O[C@@H](C)[C@H](OC)[C@@H](OC)[C@H]5OC)C[C@@H]34)[C@@H]2CC(=O)O1.Cc1c(F)c(F)c(COC(=O)C2C(/C=C(\Cl)C(F)(F)F)C2(C)C)c(F)c1F. The van der Waals surface area contributed by atoms with Crippen molar-refractivity contribution in [2.24, 2.45) is 88.3 Å². The highest BCUT2D eigenvalue weighted by Crippen LogP contribution is 2.62. The third kappa shape index (κ3) is 23.3. The van der Waals surface area contributed by atoms with Gasteiger partial charge >= 0.3 is 24.1 Å². The molecule has 14 rings (SSSR count). The zero-order valence-corrected chi connectivity index (χ0v) is 81.8. The highest BCUT2D eigenvalue weighted by molar-refractivity contribution is 6.30. The highest BCUT2D eigenvalue weighted by Gasteiger charge is 2.63. The van der Waals surface area contributed by atoms with E-state index in [4.69, 9.17) is 92.1 Å². The normalized spacial score (nSPS) is 40.7. The van der Waals surface area contributed by atoms with Crippen LogP contribution in [0.4, 0.5) is 30.7 Å². The first kappa shape index (κ1) is 106. The lowest BCUT2D eigenvalue weighted by molar-refractivity contribution is -0.314. The zero-order chi connectivity index (χ0) is 96.3. The van der Waals surface area contributed by atoms with E-state index in [0.29, 0.717) is 42.8 Å². The first-order valence-corrected chi connectivity index (χ1v) is 48.4. The van der Waals surface area contributed by atoms with Crippen LogP contribution in [-0.2, 0) is 111 Å². The second kappa shape index (κ2) is 45.4. The average molecular weight is 1900 g/mol. The van der Waals surface area contributed by atoms with Crippen molar-refractivity contribution in [3.63, 3.8) is 0 Å². The van der Waals surface area contributed by atoms with Gasteiger partial charge in [0.05, 0.1) is 73.2 Å². The fraction of sp³-hybridized carbons (Fsp3) is 0.790. The number of nitrogens with zero attached hydrogens (tertiary/aromatic N) is 2. The molecule has 6 saturated heterocycles. The van der Waals surface area contributed by atoms with E-state index in [1.165, 1.54) is 19.4 Å². The summed E-state index contributed by atoms with van der Waals surface area (Å²) in [7, 11) is 18.3. The van der Waals surface area contributed by atoms with E-state index >= 15 is 0 Å². The molecule has 0 radical (unpaired) electrons. The Hall–Kier alpha value is -5.17. The van der Waals surface area contributed by atoms with E-state index in [2.05, 4.69) is 103 Å². The molecule has 36 atom stereocenters. The first-order valence-electron chi connectivity index (χ1n) is 48.0. The van der Waals surface area contributed by atoms with Gasteiger partial charge in [-0.25, -0.2) is 17.6 Å². The summed E-state index contributed by atoms with van der Waals surface area (Å²) in [6.45, 7) is 21.2. The van der Waals surface area contributed by atoms with Gasteiger partial charge < -0.3 is 90.3 Å². The Balaban J connectivity index is 0.000000188. The van der Waals surface area contributed by atoms with Crippen LogP contribution in [0.25, 0.3) is 0 Å². The average Bonchev–Trinajstić information content (AvgIpc) is 1.56. The molecule has 2 unspecified atom stereocenters. The van der Waals surface area contributed by atoms with Gasteiger partial charge in [0.25, 0.3) is 0 Å². The predicted molar refractivity (Wildman–Crippen MR) is 475 cm³/mol. The number of rotatable bonds is 22. The first-order chi connectivity index (χ1) is 62.6. The number of esters is 3. The highest BCUT2D eigenvalue weighted by atomic mass is 35.5. The van der Waals surface area contributed by atoms with Crippen molar-refractivity contribution < 1.29 is 135 Å². The Kier molecular flexibility index (Phi) is 36.4. The van der Waals surface area contributed by atoms with E-state index in [0.717, 1.165) is 108 Å². The molecule has 24 nitrogen and oxygen atoms in total. The number of ketones is 2. The number of Topliss-reactive ketones (excluding diaryl/α,β-unsaturated/α-hetero) is 2. The van der Waals surface area contributed by atoms with E-state index in [-0.39, 0.29) is 194 Å². The molecule has 1 aromatic carbocycles. The molecule has 0 N–H and O–H groups in total. The molecule has 3 saturated carbocycles. The third-order valence-electron chi connectivity index (χ3n) is 31.6. The van der Waals surface area contributed by atoms with Crippen molar-refractivity contribution in [3.05, 3.63) is 92.6 Å². The largest absolute Gasteiger partial charge is 0.462 e. The molecule has 32 heteroatoms. The molecule has 6 heterocycles. The van der Waals surface area contributed by atoms with Crippen LogP contribution in [0.2, 0.25) is 0 Å². The minimum Gasteiger partial charge on any atom is -0.462 e. The van der Waals surface area contributed by atoms with Crippen molar-refractivity contribution in [1.82, 2.24) is 9.80 Å². The second-order valence-electron chi connectivity index (χ2n) is 40.3. The minimum absolute atomic E-state index is 0.0364. The summed E-state index contributed by atoms with van der Waals surface area (Å²) >= 11 is 5.15. The molecule has 0 bridgehead atoms. The summed E-state index contributed by atoms with van der Waals surface area (Å²) in [6, 6.07) is 0.676. The maximum absolute atomic E-state index is 14.7. The molecular formula is C100H146ClF7N2O22. The van der Waals surface area contributed by atoms with Gasteiger partial charge in [-0.05, 0) is 242 Å². The molecular weight excluding hydrogens is 1750 g/mol. The maximum atomic E-state index is 14.7. The number of carbonyl (C=O) groups is 5. The van der Waals surface area contributed by atoms with Gasteiger partial charge in [0.15, 0.2) is 60.0 Å². The van der Waals surface area contributed by atoms with E-state index in [1.54, 1.807) is 42.7 Å². The molecule has 0 aromatic heterocycles. The number of methoxy groups -OCH3 is 6. The van der Waals surface area contributed by atoms with Gasteiger partial charge in [0, 0.05) is 84.0 Å². The third-order valence-corrected chi connectivity index (χ3v) is 31.9. The minimum atomic E-state index is -4.78. The smallest absolute Gasteiger partial charge is 0.426 e. The number of halogens is 8. The van der Waals surface area contributed by atoms with Gasteiger partial charge in [0.2, 0.25) is 0 Å². The molecule has 9 fully saturated rings. The van der Waals surface area contributed by atoms with Crippen molar-refractivity contribution in [2.75, 3.05) is 70.8 Å². The predicted octanol–water partition coefficient (Wildman–Crippen LogP) is 16.9. The number of allylic oxidation sites excluding steroid dienone is 10. The Bertz CT molecular complexity index is 4250. The number of likely N-dealkylation sites (N-methyl/N-ethyl adjacent to an activating group) is 2. The molecule has 13 aliphatic rings. The lowest BCUT2D eigenvalue weighted by Crippen LogP contribution is -2.59. The number of fused-ring (bicyclic) bond motifs is 10. The van der Waals surface area contributed by atoms with Crippen LogP contribution in [-0.4, -0.2) is 251 Å². The van der Waals surface area contributed by atoms with Gasteiger partial charge in [-0.2, -0.15) is 13.2 Å². The van der Waals surface area contributed by atoms with Crippen LogP contribution in [0.15, 0.2) is 58.2 Å². The van der Waals surface area contributed by atoms with Crippen LogP contribution in [0.3, 0.4) is 0 Å². The number of cyclic esters (lactones) is 2. The fourth-order valence-electron chi connectivity index (χ4n) is 24.0. The van der Waals surface area contributed by atoms with E-state index < -0.39 is 100 Å². The lowest BCUT2D eigenvalue weighted by Gasteiger charge is -2.44. The van der Waals surface area contributed by atoms with Gasteiger partial charge in [0.1, 0.15) is 60.5 Å². The molecule has 132 heavy (non-hydrogen) atoms. The second-order valence-corrected chi connectivity index (χ2v) is 40.7. The monoisotopic (exact) mass is 1890 g/mol. The van der Waals surface area contributed by atoms with Crippen LogP contribution < -0.4 is 0 Å². The van der Waals surface area contributed by atoms with Crippen LogP contribution in [0.5, 0.6) is 0 Å². The van der Waals surface area contributed by atoms with Gasteiger partial charge in [-0.15, -0.1) is 0 Å². The summed E-state index contributed by atoms with van der Waals surface area (Å²) < 4.78 is 196. The summed E-state index contributed by atoms with van der Waals surface area (Å²) in [5.74, 6) is -9.65. The van der Waals surface area contributed by atoms with E-state index in [9.17, 15) is 54.7 Å². The molecule has 0 amide bonds. The molecule has 1 aromatic rings. The number of ether oxygens (including phenoxy) is 17. The van der Waals surface area contributed by atoms with Crippen LogP contribution in [0, 0.1) is 118 Å². The molecule has 6 aliphatic heterocycles. The Morgan fingerprint density at radius 2 is 0.955 bits per heavy atom. The number of hydrogen-bond acceptors (Lipinski definition) is 24. The Morgan fingerprint density at radius 1 is 0.515 bits per heavy atom. The molecule has 0 spiro atoms. The summed E-state index contributed by atoms with van der Waals surface area (Å²) in [5, 5.41) is -1.41. The molecule has 7 aliphatic carbocycles. The van der Waals surface area contributed by atoms with Crippen molar-refractivity contribution in [2.45, 2.75) is 346 Å². The quantitative estimate of drug-likeness (QED) is 0.0344. The Morgan fingerprint density at radius 3 is 1.39 bits per heavy atom. The standard InChI is InChI=1S/C42H67NO10.C41H65NO10.C17H14ClF7O2/c1-11-26-13-12-14-35(53-37-16-15-34(43(6)7)24(4)49-37)23(3)38(45)33-20-31-29(32(33)21-36(44)51-26)17-22(2)28-18-27(19-30(28)31)52-42-41(48-10)40(47-9)39(46-8)25(5)50-42;1-10-26-12-11-13-34(52-36-17-16-33(42(5)6)23(3)48-36)22(2)37(44)32-20-30-28(31(32)21-35(43)50-26)15-14-25-18-27(19-29(25)30)51-41-40(47-9)39(46-8)38(45-7)24(4)49-41;1-6-11(19)13(21)7(14(22)12(6)20)5-27-15(26)10-8(16(10,2)3)4-9(18)17(23,24)25/h17,20,23-32,34-35,37,39-42H,11-16,18-19,21H2,1-10H3;14-15,20,22-31,33-34,36,38-41H,10-13,16-19,21H2,1-9H3;4,8,10H,5H2,1-3H3/b;;9-4-/t23-,24-,25+,26+,27-,28+,29-,30-,31-,32+,34+,35+,37+,39+,40-,41-,42+;22-,23-,24+,25-,26+,27-,28-,29-,30-,31+,33+,34+,36+,38+,39-,40-,41+;/m11./s1. The van der Waals surface area contributed by atoms with Crippen molar-refractivity contribution >= 4 is 41.1 Å². The fourth-order valence-corrected chi connectivity index (χ4v) is 24.1. The maximum Gasteiger partial charge on any atom is 0.426 e. The summed E-state index contributed by atoms with van der Waals surface area (Å²) in [5.41, 5.74) is -0.0930. The number of carbonyl (C=O) groups excluding carboxylic acids is 5. The van der Waals surface area contributed by atoms with Crippen molar-refractivity contribution in [3.8, 4) is 0 Å². The topological polar surface area (TPSA) is 249 Å². The van der Waals surface area contributed by atoms with Crippen molar-refractivity contribution in [1.29, 1.82) is 0 Å². The summed E-state index contributed by atoms with van der Waals surface area (Å²) in [6.07, 6.45) is 15.3. The summed E-state index contributed by atoms with van der Waals surface area (Å²) in [4.78, 5) is 73.0.